The molecule has 6 nitrogen and oxygen atoms in total. The molecule has 1 aromatic carbocycles. The molecule has 0 saturated carbocycles. The molecule has 0 aliphatic carbocycles. The van der Waals surface area contributed by atoms with Gasteiger partial charge in [-0.1, -0.05) is 37.3 Å². The van der Waals surface area contributed by atoms with Crippen molar-refractivity contribution in [3.63, 3.8) is 0 Å². The molecule has 1 atom stereocenters. The SMILES string of the molecule is CC[C@H](C)NC(=O)NCCn1c(-c2ccccc2)nc2cccnc21. The lowest BCUT2D eigenvalue weighted by Gasteiger charge is -2.13. The van der Waals surface area contributed by atoms with E-state index in [1.54, 1.807) is 6.20 Å². The van der Waals surface area contributed by atoms with Gasteiger partial charge in [0.2, 0.25) is 0 Å². The Morgan fingerprint density at radius 3 is 2.76 bits per heavy atom. The minimum absolute atomic E-state index is 0.145. The molecule has 2 heterocycles. The number of rotatable bonds is 6. The van der Waals surface area contributed by atoms with Crippen molar-refractivity contribution < 1.29 is 4.79 Å². The van der Waals surface area contributed by atoms with E-state index in [4.69, 9.17) is 4.98 Å². The number of imidazole rings is 1. The van der Waals surface area contributed by atoms with Crippen LogP contribution in [-0.4, -0.2) is 33.2 Å². The van der Waals surface area contributed by atoms with Gasteiger partial charge < -0.3 is 15.2 Å². The van der Waals surface area contributed by atoms with Crippen LogP contribution in [0, 0.1) is 0 Å². The number of hydrogen-bond donors (Lipinski definition) is 2. The van der Waals surface area contributed by atoms with E-state index in [2.05, 4.69) is 15.6 Å². The summed E-state index contributed by atoms with van der Waals surface area (Å²) in [5, 5.41) is 5.81. The van der Waals surface area contributed by atoms with Gasteiger partial charge in [-0.25, -0.2) is 14.8 Å². The van der Waals surface area contributed by atoms with Gasteiger partial charge in [0.25, 0.3) is 0 Å². The molecule has 130 valence electrons. The molecule has 0 aliphatic heterocycles. The van der Waals surface area contributed by atoms with Crippen molar-refractivity contribution in [2.45, 2.75) is 32.9 Å². The normalized spacial score (nSPS) is 12.1. The molecule has 0 saturated heterocycles. The van der Waals surface area contributed by atoms with Crippen LogP contribution in [0.2, 0.25) is 0 Å². The number of fused-ring (bicyclic) bond motifs is 1. The molecule has 2 N–H and O–H groups in total. The Kier molecular flexibility index (Phi) is 5.28. The number of carbonyl (C=O) groups excluding carboxylic acids is 1. The largest absolute Gasteiger partial charge is 0.336 e. The van der Waals surface area contributed by atoms with Gasteiger partial charge in [0.1, 0.15) is 11.3 Å². The highest BCUT2D eigenvalue weighted by molar-refractivity contribution is 5.77. The Hall–Kier alpha value is -2.89. The number of nitrogens with one attached hydrogen (secondary N) is 2. The Balaban J connectivity index is 1.79. The van der Waals surface area contributed by atoms with Crippen LogP contribution in [-0.2, 0) is 6.54 Å². The Labute approximate surface area is 147 Å². The number of nitrogens with zero attached hydrogens (tertiary/aromatic N) is 3. The van der Waals surface area contributed by atoms with Crippen LogP contribution in [0.1, 0.15) is 20.3 Å². The molecule has 6 heteroatoms. The van der Waals surface area contributed by atoms with Crippen LogP contribution in [0.4, 0.5) is 4.79 Å². The van der Waals surface area contributed by atoms with Gasteiger partial charge in [-0.15, -0.1) is 0 Å². The fraction of sp³-hybridized carbons (Fsp3) is 0.316. The number of aromatic nitrogens is 3. The van der Waals surface area contributed by atoms with Gasteiger partial charge in [-0.05, 0) is 25.5 Å². The summed E-state index contributed by atoms with van der Waals surface area (Å²) in [6.45, 7) is 5.14. The Morgan fingerprint density at radius 2 is 2.00 bits per heavy atom. The number of hydrogen-bond acceptors (Lipinski definition) is 3. The van der Waals surface area contributed by atoms with Gasteiger partial charge in [-0.3, -0.25) is 0 Å². The van der Waals surface area contributed by atoms with Crippen LogP contribution >= 0.6 is 0 Å². The van der Waals surface area contributed by atoms with Gasteiger partial charge in [0.05, 0.1) is 0 Å². The summed E-state index contributed by atoms with van der Waals surface area (Å²) < 4.78 is 2.05. The van der Waals surface area contributed by atoms with Crippen molar-refractivity contribution in [1.82, 2.24) is 25.2 Å². The first-order valence-electron chi connectivity index (χ1n) is 8.60. The zero-order valence-electron chi connectivity index (χ0n) is 14.6. The van der Waals surface area contributed by atoms with Crippen molar-refractivity contribution in [2.24, 2.45) is 0 Å². The van der Waals surface area contributed by atoms with E-state index in [9.17, 15) is 4.79 Å². The summed E-state index contributed by atoms with van der Waals surface area (Å²) in [5.74, 6) is 0.860. The second-order valence-corrected chi connectivity index (χ2v) is 6.01. The Morgan fingerprint density at radius 1 is 1.20 bits per heavy atom. The summed E-state index contributed by atoms with van der Waals surface area (Å²) in [4.78, 5) is 21.1. The number of benzene rings is 1. The predicted octanol–water partition coefficient (Wildman–Crippen LogP) is 3.20. The third-order valence-electron chi connectivity index (χ3n) is 4.15. The standard InChI is InChI=1S/C19H23N5O/c1-3-14(2)22-19(25)21-12-13-24-17(15-8-5-4-6-9-15)23-16-10-7-11-20-18(16)24/h4-11,14H,3,12-13H2,1-2H3,(H2,21,22,25)/t14-/m0/s1. The third kappa shape index (κ3) is 3.96. The van der Waals surface area contributed by atoms with Crippen LogP contribution < -0.4 is 10.6 Å². The second kappa shape index (κ2) is 7.79. The molecule has 3 aromatic rings. The molecule has 0 radical (unpaired) electrons. The molecule has 0 aliphatic rings. The van der Waals surface area contributed by atoms with E-state index in [1.165, 1.54) is 0 Å². The van der Waals surface area contributed by atoms with Crippen molar-refractivity contribution in [3.05, 3.63) is 48.7 Å². The fourth-order valence-electron chi connectivity index (χ4n) is 2.64. The first kappa shape index (κ1) is 17.0. The molecule has 3 rings (SSSR count). The monoisotopic (exact) mass is 337 g/mol. The Bertz CT molecular complexity index is 843. The van der Waals surface area contributed by atoms with Gasteiger partial charge in [0.15, 0.2) is 5.65 Å². The maximum absolute atomic E-state index is 11.9. The van der Waals surface area contributed by atoms with Crippen LogP contribution in [0.15, 0.2) is 48.7 Å². The number of urea groups is 1. The summed E-state index contributed by atoms with van der Waals surface area (Å²) in [7, 11) is 0. The average molecular weight is 337 g/mol. The average Bonchev–Trinajstić information content (AvgIpc) is 3.01. The molecular formula is C19H23N5O. The minimum Gasteiger partial charge on any atom is -0.336 e. The summed E-state index contributed by atoms with van der Waals surface area (Å²) in [6.07, 6.45) is 2.67. The zero-order chi connectivity index (χ0) is 17.6. The summed E-state index contributed by atoms with van der Waals surface area (Å²) >= 11 is 0. The quantitative estimate of drug-likeness (QED) is 0.725. The van der Waals surface area contributed by atoms with Gasteiger partial charge in [-0.2, -0.15) is 0 Å². The van der Waals surface area contributed by atoms with E-state index in [0.29, 0.717) is 13.1 Å². The zero-order valence-corrected chi connectivity index (χ0v) is 14.6. The minimum atomic E-state index is -0.145. The lowest BCUT2D eigenvalue weighted by molar-refractivity contribution is 0.237. The molecular weight excluding hydrogens is 314 g/mol. The van der Waals surface area contributed by atoms with Crippen LogP contribution in [0.25, 0.3) is 22.6 Å². The van der Waals surface area contributed by atoms with Crippen molar-refractivity contribution in [1.29, 1.82) is 0 Å². The lowest BCUT2D eigenvalue weighted by Crippen LogP contribution is -2.41. The van der Waals surface area contributed by atoms with Crippen LogP contribution in [0.5, 0.6) is 0 Å². The fourth-order valence-corrected chi connectivity index (χ4v) is 2.64. The molecule has 0 unspecified atom stereocenters. The second-order valence-electron chi connectivity index (χ2n) is 6.01. The first-order chi connectivity index (χ1) is 12.2. The molecule has 2 amide bonds. The smallest absolute Gasteiger partial charge is 0.315 e. The number of carbonyl (C=O) groups is 1. The number of amides is 2. The topological polar surface area (TPSA) is 71.8 Å². The van der Waals surface area contributed by atoms with Crippen molar-refractivity contribution >= 4 is 17.2 Å². The van der Waals surface area contributed by atoms with Gasteiger partial charge in [0, 0.05) is 30.9 Å². The van der Waals surface area contributed by atoms with Crippen LogP contribution in [0.3, 0.4) is 0 Å². The van der Waals surface area contributed by atoms with E-state index >= 15 is 0 Å². The molecule has 0 bridgehead atoms. The molecule has 0 spiro atoms. The highest BCUT2D eigenvalue weighted by Gasteiger charge is 2.13. The predicted molar refractivity (Wildman–Crippen MR) is 99.3 cm³/mol. The van der Waals surface area contributed by atoms with E-state index in [0.717, 1.165) is 29.0 Å². The van der Waals surface area contributed by atoms with E-state index in [1.807, 2.05) is 60.9 Å². The molecule has 0 fully saturated rings. The molecule has 2 aromatic heterocycles. The van der Waals surface area contributed by atoms with Gasteiger partial charge >= 0.3 is 6.03 Å². The highest BCUT2D eigenvalue weighted by Crippen LogP contribution is 2.23. The third-order valence-corrected chi connectivity index (χ3v) is 4.15. The number of pyridine rings is 1. The van der Waals surface area contributed by atoms with Crippen molar-refractivity contribution in [2.75, 3.05) is 6.54 Å². The van der Waals surface area contributed by atoms with Crippen molar-refractivity contribution in [3.8, 4) is 11.4 Å². The highest BCUT2D eigenvalue weighted by atomic mass is 16.2. The summed E-state index contributed by atoms with van der Waals surface area (Å²) in [5.41, 5.74) is 2.71. The lowest BCUT2D eigenvalue weighted by atomic mass is 10.2. The molecule has 25 heavy (non-hydrogen) atoms. The maximum atomic E-state index is 11.9. The van der Waals surface area contributed by atoms with E-state index in [-0.39, 0.29) is 12.1 Å². The first-order valence-corrected chi connectivity index (χ1v) is 8.60. The van der Waals surface area contributed by atoms with E-state index < -0.39 is 0 Å². The summed E-state index contributed by atoms with van der Waals surface area (Å²) in [6, 6.07) is 13.9. The maximum Gasteiger partial charge on any atom is 0.315 e.